The summed E-state index contributed by atoms with van der Waals surface area (Å²) in [5.41, 5.74) is 2.10. The maximum Gasteiger partial charge on any atom is 0.218 e. The van der Waals surface area contributed by atoms with Crippen molar-refractivity contribution in [2.75, 3.05) is 6.61 Å². The summed E-state index contributed by atoms with van der Waals surface area (Å²) in [4.78, 5) is 12.3. The van der Waals surface area contributed by atoms with Crippen LogP contribution in [0.1, 0.15) is 23.9 Å². The van der Waals surface area contributed by atoms with E-state index in [-0.39, 0.29) is 17.9 Å². The lowest BCUT2D eigenvalue weighted by Gasteiger charge is -2.26. The lowest BCUT2D eigenvalue weighted by atomic mass is 10.0. The first-order valence-corrected chi connectivity index (χ1v) is 9.71. The summed E-state index contributed by atoms with van der Waals surface area (Å²) in [7, 11) is 0. The van der Waals surface area contributed by atoms with Gasteiger partial charge in [-0.05, 0) is 29.9 Å². The standard InChI is InChI=1S/C21H19N3O3S/c25-17-12-16(18-13-26-20(17)27-18)24-21(28)23(15-9-5-2-6-10-15)19(22-24)11-14-7-3-1-4-8-14/h1-10,16,18,20H,11-13H2/t16-,18+,20+/m1/s1. The second kappa shape index (κ2) is 7.09. The number of hydrogen-bond donors (Lipinski definition) is 0. The van der Waals surface area contributed by atoms with Crippen LogP contribution in [-0.4, -0.2) is 39.1 Å². The van der Waals surface area contributed by atoms with E-state index >= 15 is 0 Å². The predicted octanol–water partition coefficient (Wildman–Crippen LogP) is 3.25. The van der Waals surface area contributed by atoms with Crippen molar-refractivity contribution in [2.45, 2.75) is 31.3 Å². The number of para-hydroxylation sites is 1. The number of rotatable bonds is 4. The Morgan fingerprint density at radius 3 is 2.54 bits per heavy atom. The highest BCUT2D eigenvalue weighted by atomic mass is 32.1. The van der Waals surface area contributed by atoms with Gasteiger partial charge in [0.15, 0.2) is 5.78 Å². The van der Waals surface area contributed by atoms with E-state index < -0.39 is 6.29 Å². The van der Waals surface area contributed by atoms with Crippen LogP contribution in [0.5, 0.6) is 0 Å². The number of nitrogens with zero attached hydrogens (tertiary/aromatic N) is 3. The quantitative estimate of drug-likeness (QED) is 0.637. The van der Waals surface area contributed by atoms with Crippen molar-refractivity contribution in [3.63, 3.8) is 0 Å². The van der Waals surface area contributed by atoms with Gasteiger partial charge in [-0.2, -0.15) is 5.10 Å². The molecule has 2 aromatic carbocycles. The molecular weight excluding hydrogens is 374 g/mol. The summed E-state index contributed by atoms with van der Waals surface area (Å²) in [5.74, 6) is 0.774. The van der Waals surface area contributed by atoms with Crippen molar-refractivity contribution in [3.8, 4) is 5.69 Å². The van der Waals surface area contributed by atoms with Gasteiger partial charge in [0, 0.05) is 18.5 Å². The first kappa shape index (κ1) is 17.5. The predicted molar refractivity (Wildman–Crippen MR) is 105 cm³/mol. The Labute approximate surface area is 167 Å². The highest BCUT2D eigenvalue weighted by Gasteiger charge is 2.45. The molecule has 0 unspecified atom stereocenters. The number of ether oxygens (including phenoxy) is 2. The summed E-state index contributed by atoms with van der Waals surface area (Å²) < 4.78 is 15.5. The van der Waals surface area contributed by atoms with Gasteiger partial charge in [0.25, 0.3) is 0 Å². The third-order valence-electron chi connectivity index (χ3n) is 5.21. The Morgan fingerprint density at radius 1 is 1.07 bits per heavy atom. The van der Waals surface area contributed by atoms with Crippen molar-refractivity contribution in [3.05, 3.63) is 76.8 Å². The summed E-state index contributed by atoms with van der Waals surface area (Å²) in [5, 5.41) is 4.84. The highest BCUT2D eigenvalue weighted by Crippen LogP contribution is 2.33. The zero-order chi connectivity index (χ0) is 19.1. The average Bonchev–Trinajstić information content (AvgIpc) is 3.29. The molecule has 3 aromatic rings. The van der Waals surface area contributed by atoms with Gasteiger partial charge >= 0.3 is 0 Å². The average molecular weight is 393 g/mol. The third kappa shape index (κ3) is 3.01. The molecule has 2 aliphatic heterocycles. The van der Waals surface area contributed by atoms with Crippen molar-refractivity contribution in [1.82, 2.24) is 14.3 Å². The second-order valence-corrected chi connectivity index (χ2v) is 7.42. The molecule has 2 bridgehead atoms. The molecule has 0 aliphatic carbocycles. The Morgan fingerprint density at radius 2 is 1.79 bits per heavy atom. The molecule has 2 fully saturated rings. The van der Waals surface area contributed by atoms with E-state index in [1.807, 2.05) is 53.1 Å². The molecule has 0 radical (unpaired) electrons. The SMILES string of the molecule is O=C1C[C@@H](n2nc(Cc3ccccc3)n(-c3ccccc3)c2=S)[C@@H]2CO[C@H]1O2. The normalized spacial score (nSPS) is 23.9. The smallest absolute Gasteiger partial charge is 0.218 e. The fraction of sp³-hybridized carbons (Fsp3) is 0.286. The maximum absolute atomic E-state index is 12.3. The zero-order valence-electron chi connectivity index (χ0n) is 15.1. The number of carbonyl (C=O) groups excluding carboxylic acids is 1. The van der Waals surface area contributed by atoms with E-state index in [1.54, 1.807) is 4.68 Å². The minimum Gasteiger partial charge on any atom is -0.343 e. The molecule has 6 nitrogen and oxygen atoms in total. The molecule has 0 spiro atoms. The molecule has 7 heteroatoms. The number of fused-ring (bicyclic) bond motifs is 2. The molecule has 3 heterocycles. The van der Waals surface area contributed by atoms with E-state index in [2.05, 4.69) is 12.1 Å². The van der Waals surface area contributed by atoms with Crippen LogP contribution < -0.4 is 0 Å². The van der Waals surface area contributed by atoms with Crippen molar-refractivity contribution in [2.24, 2.45) is 0 Å². The van der Waals surface area contributed by atoms with Gasteiger partial charge < -0.3 is 9.47 Å². The monoisotopic (exact) mass is 393 g/mol. The molecule has 0 N–H and O–H groups in total. The molecule has 0 saturated carbocycles. The van der Waals surface area contributed by atoms with Crippen LogP contribution in [0.25, 0.3) is 5.69 Å². The zero-order valence-corrected chi connectivity index (χ0v) is 15.9. The van der Waals surface area contributed by atoms with Gasteiger partial charge in [0.05, 0.1) is 12.6 Å². The molecule has 3 atom stereocenters. The third-order valence-corrected chi connectivity index (χ3v) is 5.58. The minimum absolute atomic E-state index is 0.0560. The Bertz CT molecular complexity index is 1060. The molecule has 28 heavy (non-hydrogen) atoms. The number of benzene rings is 2. The second-order valence-electron chi connectivity index (χ2n) is 7.05. The Balaban J connectivity index is 1.61. The molecule has 0 amide bonds. The number of ketones is 1. The number of Topliss-reactive ketones (excluding diaryl/α,β-unsaturated/α-hetero) is 1. The summed E-state index contributed by atoms with van der Waals surface area (Å²) >= 11 is 5.80. The van der Waals surface area contributed by atoms with Gasteiger partial charge in [-0.1, -0.05) is 48.5 Å². The van der Waals surface area contributed by atoms with Gasteiger partial charge in [-0.25, -0.2) is 4.68 Å². The van der Waals surface area contributed by atoms with Gasteiger partial charge in [0.2, 0.25) is 11.1 Å². The van der Waals surface area contributed by atoms with Gasteiger partial charge in [-0.3, -0.25) is 9.36 Å². The number of carbonyl (C=O) groups is 1. The minimum atomic E-state index is -0.726. The topological polar surface area (TPSA) is 58.3 Å². The van der Waals surface area contributed by atoms with Crippen LogP contribution in [0, 0.1) is 4.77 Å². The lowest BCUT2D eigenvalue weighted by molar-refractivity contribution is -0.156. The summed E-state index contributed by atoms with van der Waals surface area (Å²) in [6.45, 7) is 0.384. The van der Waals surface area contributed by atoms with E-state index in [0.29, 0.717) is 24.2 Å². The van der Waals surface area contributed by atoms with Crippen molar-refractivity contribution in [1.29, 1.82) is 0 Å². The summed E-state index contributed by atoms with van der Waals surface area (Å²) in [6.07, 6.45) is 0.0197. The Kier molecular flexibility index (Phi) is 4.43. The van der Waals surface area contributed by atoms with Crippen LogP contribution in [-0.2, 0) is 20.7 Å². The maximum atomic E-state index is 12.3. The van der Waals surface area contributed by atoms with Crippen LogP contribution in [0.15, 0.2) is 60.7 Å². The van der Waals surface area contributed by atoms with Crippen LogP contribution in [0.2, 0.25) is 0 Å². The van der Waals surface area contributed by atoms with Crippen LogP contribution in [0.4, 0.5) is 0 Å². The van der Waals surface area contributed by atoms with Gasteiger partial charge in [-0.15, -0.1) is 0 Å². The van der Waals surface area contributed by atoms with E-state index in [9.17, 15) is 4.79 Å². The largest absolute Gasteiger partial charge is 0.343 e. The van der Waals surface area contributed by atoms with Crippen LogP contribution in [0.3, 0.4) is 0 Å². The molecule has 2 saturated heterocycles. The van der Waals surface area contributed by atoms with Gasteiger partial charge in [0.1, 0.15) is 11.9 Å². The molecule has 142 valence electrons. The molecule has 2 aliphatic rings. The number of hydrogen-bond acceptors (Lipinski definition) is 5. The molecular formula is C21H19N3O3S. The highest BCUT2D eigenvalue weighted by molar-refractivity contribution is 7.71. The van der Waals surface area contributed by atoms with E-state index in [4.69, 9.17) is 26.8 Å². The fourth-order valence-corrected chi connectivity index (χ4v) is 4.23. The lowest BCUT2D eigenvalue weighted by Crippen LogP contribution is -2.37. The number of aromatic nitrogens is 3. The molecule has 1 aromatic heterocycles. The van der Waals surface area contributed by atoms with Crippen molar-refractivity contribution < 1.29 is 14.3 Å². The summed E-state index contributed by atoms with van der Waals surface area (Å²) in [6, 6.07) is 19.8. The first-order chi connectivity index (χ1) is 13.7. The molecule has 5 rings (SSSR count). The first-order valence-electron chi connectivity index (χ1n) is 9.30. The Hall–Kier alpha value is -2.61. The van der Waals surface area contributed by atoms with E-state index in [0.717, 1.165) is 17.1 Å². The van der Waals surface area contributed by atoms with Crippen LogP contribution >= 0.6 is 12.2 Å². The fourth-order valence-electron chi connectivity index (χ4n) is 3.84. The van der Waals surface area contributed by atoms with E-state index in [1.165, 1.54) is 0 Å². The van der Waals surface area contributed by atoms with Crippen molar-refractivity contribution >= 4 is 18.0 Å².